The lowest BCUT2D eigenvalue weighted by Crippen LogP contribution is -2.00. The second kappa shape index (κ2) is 5.35. The van der Waals surface area contributed by atoms with Crippen LogP contribution in [-0.4, -0.2) is 18.1 Å². The fraction of sp³-hybridized carbons (Fsp3) is 0.308. The zero-order chi connectivity index (χ0) is 12.1. The first-order valence-electron chi connectivity index (χ1n) is 5.38. The summed E-state index contributed by atoms with van der Waals surface area (Å²) < 4.78 is 4.63. The van der Waals surface area contributed by atoms with Crippen molar-refractivity contribution in [1.82, 2.24) is 4.98 Å². The summed E-state index contributed by atoms with van der Waals surface area (Å²) in [5, 5.41) is 1.03. The zero-order valence-electron chi connectivity index (χ0n) is 10.1. The third-order valence-electron chi connectivity index (χ3n) is 2.18. The zero-order valence-corrected chi connectivity index (χ0v) is 10.1. The Morgan fingerprint density at radius 3 is 2.56 bits per heavy atom. The number of H-pyrrole nitrogens is 1. The van der Waals surface area contributed by atoms with Crippen LogP contribution >= 0.6 is 0 Å². The van der Waals surface area contributed by atoms with Crippen molar-refractivity contribution in [3.8, 4) is 0 Å². The summed E-state index contributed by atoms with van der Waals surface area (Å²) in [6.45, 7) is 6.02. The number of esters is 1. The van der Waals surface area contributed by atoms with Crippen LogP contribution in [0.5, 0.6) is 0 Å². The largest absolute Gasteiger partial charge is 0.464 e. The molecule has 0 fully saturated rings. The number of hydrogen-bond acceptors (Lipinski definition) is 2. The number of hydrogen-bond donors (Lipinski definition) is 1. The average molecular weight is 219 g/mol. The summed E-state index contributed by atoms with van der Waals surface area (Å²) in [5.41, 5.74) is 2.62. The van der Waals surface area contributed by atoms with Crippen LogP contribution in [0.2, 0.25) is 0 Å². The number of rotatable bonds is 1. The predicted molar refractivity (Wildman–Crippen MR) is 65.7 cm³/mol. The minimum Gasteiger partial charge on any atom is -0.464 e. The molecule has 0 amide bonds. The molecule has 0 saturated carbocycles. The van der Waals surface area contributed by atoms with Gasteiger partial charge in [-0.25, -0.2) is 4.79 Å². The molecule has 0 bridgehead atoms. The minimum absolute atomic E-state index is 0.334. The number of aromatic amines is 1. The van der Waals surface area contributed by atoms with Gasteiger partial charge < -0.3 is 9.72 Å². The Morgan fingerprint density at radius 1 is 1.25 bits per heavy atom. The highest BCUT2D eigenvalue weighted by atomic mass is 16.5. The van der Waals surface area contributed by atoms with Crippen LogP contribution in [0.15, 0.2) is 24.3 Å². The van der Waals surface area contributed by atoms with Crippen molar-refractivity contribution in [2.24, 2.45) is 0 Å². The van der Waals surface area contributed by atoms with Crippen molar-refractivity contribution in [2.45, 2.75) is 20.8 Å². The lowest BCUT2D eigenvalue weighted by Gasteiger charge is -1.92. The van der Waals surface area contributed by atoms with Gasteiger partial charge in [0, 0.05) is 10.9 Å². The van der Waals surface area contributed by atoms with Gasteiger partial charge >= 0.3 is 5.97 Å². The van der Waals surface area contributed by atoms with Gasteiger partial charge in [0.2, 0.25) is 0 Å². The first-order chi connectivity index (χ1) is 7.70. The first-order valence-corrected chi connectivity index (χ1v) is 5.38. The van der Waals surface area contributed by atoms with Crippen LogP contribution in [0.25, 0.3) is 10.9 Å². The van der Waals surface area contributed by atoms with Gasteiger partial charge in [0.05, 0.1) is 7.11 Å². The summed E-state index contributed by atoms with van der Waals surface area (Å²) in [4.78, 5) is 14.2. The third-order valence-corrected chi connectivity index (χ3v) is 2.18. The monoisotopic (exact) mass is 219 g/mol. The number of carbonyl (C=O) groups excluding carboxylic acids is 1. The molecule has 0 aliphatic carbocycles. The Morgan fingerprint density at radius 2 is 1.94 bits per heavy atom. The molecular formula is C13H17NO2. The van der Waals surface area contributed by atoms with Gasteiger partial charge in [-0.05, 0) is 25.1 Å². The van der Waals surface area contributed by atoms with E-state index < -0.39 is 0 Å². The van der Waals surface area contributed by atoms with E-state index in [1.165, 1.54) is 12.7 Å². The molecule has 0 aliphatic heterocycles. The highest BCUT2D eigenvalue weighted by Crippen LogP contribution is 2.17. The van der Waals surface area contributed by atoms with Crippen molar-refractivity contribution < 1.29 is 9.53 Å². The third kappa shape index (κ3) is 2.42. The molecule has 1 heterocycles. The molecular weight excluding hydrogens is 202 g/mol. The first kappa shape index (κ1) is 12.3. The summed E-state index contributed by atoms with van der Waals surface area (Å²) in [7, 11) is 1.37. The summed E-state index contributed by atoms with van der Waals surface area (Å²) in [5.74, 6) is -0.334. The Balaban J connectivity index is 0.000000606. The van der Waals surface area contributed by atoms with E-state index in [0.717, 1.165) is 10.9 Å². The molecule has 1 aromatic carbocycles. The van der Waals surface area contributed by atoms with E-state index in [-0.39, 0.29) is 5.97 Å². The number of nitrogens with one attached hydrogen (secondary N) is 1. The molecule has 1 N–H and O–H groups in total. The predicted octanol–water partition coefficient (Wildman–Crippen LogP) is 3.29. The van der Waals surface area contributed by atoms with Crippen molar-refractivity contribution in [3.05, 3.63) is 35.5 Å². The Hall–Kier alpha value is -1.77. The molecule has 0 spiro atoms. The van der Waals surface area contributed by atoms with Crippen LogP contribution < -0.4 is 0 Å². The fourth-order valence-electron chi connectivity index (χ4n) is 1.47. The van der Waals surface area contributed by atoms with Gasteiger partial charge in [-0.3, -0.25) is 0 Å². The van der Waals surface area contributed by atoms with Gasteiger partial charge in [-0.1, -0.05) is 25.5 Å². The number of fused-ring (bicyclic) bond motifs is 1. The van der Waals surface area contributed by atoms with E-state index in [1.54, 1.807) is 6.07 Å². The molecule has 0 radical (unpaired) electrons. The summed E-state index contributed by atoms with van der Waals surface area (Å²) >= 11 is 0. The molecule has 2 aromatic rings. The van der Waals surface area contributed by atoms with Crippen LogP contribution in [0, 0.1) is 6.92 Å². The van der Waals surface area contributed by atoms with Crippen molar-refractivity contribution in [3.63, 3.8) is 0 Å². The van der Waals surface area contributed by atoms with Gasteiger partial charge in [0.1, 0.15) is 5.69 Å². The number of methoxy groups -OCH3 is 1. The van der Waals surface area contributed by atoms with E-state index in [2.05, 4.69) is 9.72 Å². The molecule has 2 rings (SSSR count). The average Bonchev–Trinajstić information content (AvgIpc) is 2.73. The molecule has 0 saturated heterocycles. The molecule has 3 heteroatoms. The number of aryl methyl sites for hydroxylation is 1. The van der Waals surface area contributed by atoms with Gasteiger partial charge in [0.15, 0.2) is 0 Å². The van der Waals surface area contributed by atoms with Crippen LogP contribution in [0.1, 0.15) is 29.9 Å². The van der Waals surface area contributed by atoms with Crippen LogP contribution in [-0.2, 0) is 4.74 Å². The molecule has 86 valence electrons. The molecule has 1 aromatic heterocycles. The Kier molecular flexibility index (Phi) is 4.11. The second-order valence-electron chi connectivity index (χ2n) is 3.27. The highest BCUT2D eigenvalue weighted by Gasteiger charge is 2.08. The number of ether oxygens (including phenoxy) is 1. The molecule has 0 atom stereocenters. The number of benzene rings is 1. The van der Waals surface area contributed by atoms with E-state index in [0.29, 0.717) is 5.69 Å². The minimum atomic E-state index is -0.334. The number of aromatic nitrogens is 1. The smallest absolute Gasteiger partial charge is 0.354 e. The highest BCUT2D eigenvalue weighted by molar-refractivity contribution is 5.94. The standard InChI is InChI=1S/C11H11NO2.C2H6/c1-7-3-4-9-8(5-7)6-10(12-9)11(13)14-2;1-2/h3-6,12H,1-2H3;1-2H3. The van der Waals surface area contributed by atoms with Crippen molar-refractivity contribution >= 4 is 16.9 Å². The normalized spacial score (nSPS) is 9.50. The Bertz CT molecular complexity index is 486. The molecule has 0 unspecified atom stereocenters. The lowest BCUT2D eigenvalue weighted by molar-refractivity contribution is 0.0595. The van der Waals surface area contributed by atoms with Crippen LogP contribution in [0.3, 0.4) is 0 Å². The van der Waals surface area contributed by atoms with Crippen molar-refractivity contribution in [2.75, 3.05) is 7.11 Å². The topological polar surface area (TPSA) is 42.1 Å². The van der Waals surface area contributed by atoms with Gasteiger partial charge in [-0.2, -0.15) is 0 Å². The molecule has 3 nitrogen and oxygen atoms in total. The Labute approximate surface area is 95.4 Å². The van der Waals surface area contributed by atoms with Gasteiger partial charge in [-0.15, -0.1) is 0 Å². The van der Waals surface area contributed by atoms with E-state index in [9.17, 15) is 4.79 Å². The molecule has 0 aliphatic rings. The van der Waals surface area contributed by atoms with E-state index in [4.69, 9.17) is 0 Å². The summed E-state index contributed by atoms with van der Waals surface area (Å²) in [6.07, 6.45) is 0. The van der Waals surface area contributed by atoms with Crippen LogP contribution in [0.4, 0.5) is 0 Å². The maximum atomic E-state index is 11.2. The lowest BCUT2D eigenvalue weighted by atomic mass is 10.2. The quantitative estimate of drug-likeness (QED) is 0.748. The second-order valence-corrected chi connectivity index (χ2v) is 3.27. The van der Waals surface area contributed by atoms with E-state index in [1.807, 2.05) is 39.0 Å². The SMILES string of the molecule is CC.COC(=O)c1cc2cc(C)ccc2[nH]1. The van der Waals surface area contributed by atoms with Crippen molar-refractivity contribution in [1.29, 1.82) is 0 Å². The maximum absolute atomic E-state index is 11.2. The maximum Gasteiger partial charge on any atom is 0.354 e. The fourth-order valence-corrected chi connectivity index (χ4v) is 1.47. The van der Waals surface area contributed by atoms with E-state index >= 15 is 0 Å². The molecule has 16 heavy (non-hydrogen) atoms. The summed E-state index contributed by atoms with van der Waals surface area (Å²) in [6, 6.07) is 7.78. The number of carbonyl (C=O) groups is 1. The van der Waals surface area contributed by atoms with Gasteiger partial charge in [0.25, 0.3) is 0 Å².